The summed E-state index contributed by atoms with van der Waals surface area (Å²) in [5.41, 5.74) is 0. The van der Waals surface area contributed by atoms with E-state index in [1.54, 1.807) is 0 Å². The van der Waals surface area contributed by atoms with Crippen LogP contribution >= 0.6 is 12.4 Å². The number of likely N-dealkylation sites (tertiary alicyclic amines) is 1. The SMILES string of the molecule is CCOc1ccccc1OCC(=O)N1CCCC(CNC)C1.Cl. The lowest BCUT2D eigenvalue weighted by molar-refractivity contribution is -0.135. The number of nitrogens with one attached hydrogen (secondary N) is 1. The average molecular weight is 343 g/mol. The summed E-state index contributed by atoms with van der Waals surface area (Å²) in [4.78, 5) is 14.2. The van der Waals surface area contributed by atoms with Crippen LogP contribution in [0.4, 0.5) is 0 Å². The minimum absolute atomic E-state index is 0. The van der Waals surface area contributed by atoms with Crippen molar-refractivity contribution in [3.05, 3.63) is 24.3 Å². The van der Waals surface area contributed by atoms with Crippen molar-refractivity contribution in [3.8, 4) is 11.5 Å². The molecule has 1 fully saturated rings. The largest absolute Gasteiger partial charge is 0.490 e. The molecule has 1 amide bonds. The first-order valence-corrected chi connectivity index (χ1v) is 8.01. The molecule has 0 spiro atoms. The third-order valence-electron chi connectivity index (χ3n) is 3.86. The fourth-order valence-electron chi connectivity index (χ4n) is 2.82. The fourth-order valence-corrected chi connectivity index (χ4v) is 2.82. The Labute approximate surface area is 144 Å². The van der Waals surface area contributed by atoms with Crippen LogP contribution < -0.4 is 14.8 Å². The molecule has 1 heterocycles. The summed E-state index contributed by atoms with van der Waals surface area (Å²) in [5, 5.41) is 3.19. The zero-order chi connectivity index (χ0) is 15.8. The Bertz CT molecular complexity index is 483. The van der Waals surface area contributed by atoms with Gasteiger partial charge in [0.25, 0.3) is 5.91 Å². The number of amides is 1. The second-order valence-electron chi connectivity index (χ2n) is 5.57. The highest BCUT2D eigenvalue weighted by molar-refractivity contribution is 5.85. The van der Waals surface area contributed by atoms with Gasteiger partial charge in [-0.2, -0.15) is 0 Å². The van der Waals surface area contributed by atoms with Gasteiger partial charge < -0.3 is 19.7 Å². The predicted molar refractivity (Wildman–Crippen MR) is 93.6 cm³/mol. The van der Waals surface area contributed by atoms with E-state index < -0.39 is 0 Å². The van der Waals surface area contributed by atoms with E-state index in [1.165, 1.54) is 6.42 Å². The van der Waals surface area contributed by atoms with Gasteiger partial charge >= 0.3 is 0 Å². The van der Waals surface area contributed by atoms with E-state index in [0.717, 1.165) is 26.1 Å². The van der Waals surface area contributed by atoms with Crippen LogP contribution in [0.2, 0.25) is 0 Å². The summed E-state index contributed by atoms with van der Waals surface area (Å²) in [5.74, 6) is 1.90. The number of rotatable bonds is 7. The van der Waals surface area contributed by atoms with Gasteiger partial charge in [0.2, 0.25) is 0 Å². The van der Waals surface area contributed by atoms with Gasteiger partial charge in [-0.15, -0.1) is 12.4 Å². The standard InChI is InChI=1S/C17H26N2O3.ClH/c1-3-21-15-8-4-5-9-16(15)22-13-17(20)19-10-6-7-14(12-19)11-18-2;/h4-5,8-9,14,18H,3,6-7,10-13H2,1-2H3;1H. The maximum absolute atomic E-state index is 12.3. The Balaban J connectivity index is 0.00000264. The smallest absolute Gasteiger partial charge is 0.260 e. The number of nitrogens with zero attached hydrogens (tertiary/aromatic N) is 1. The molecule has 1 saturated heterocycles. The molecule has 1 aromatic carbocycles. The fraction of sp³-hybridized carbons (Fsp3) is 0.588. The topological polar surface area (TPSA) is 50.8 Å². The molecular weight excluding hydrogens is 316 g/mol. The van der Waals surface area contributed by atoms with Crippen LogP contribution in [0.5, 0.6) is 11.5 Å². The summed E-state index contributed by atoms with van der Waals surface area (Å²) >= 11 is 0. The van der Waals surface area contributed by atoms with E-state index in [9.17, 15) is 4.79 Å². The number of carbonyl (C=O) groups excluding carboxylic acids is 1. The molecule has 0 saturated carbocycles. The third-order valence-corrected chi connectivity index (χ3v) is 3.86. The molecule has 0 aliphatic carbocycles. The molecule has 0 radical (unpaired) electrons. The number of hydrogen-bond donors (Lipinski definition) is 1. The van der Waals surface area contributed by atoms with Gasteiger partial charge in [0.15, 0.2) is 18.1 Å². The number of para-hydroxylation sites is 2. The Morgan fingerprint density at radius 2 is 2.00 bits per heavy atom. The summed E-state index contributed by atoms with van der Waals surface area (Å²) in [6.07, 6.45) is 2.24. The van der Waals surface area contributed by atoms with Gasteiger partial charge in [0, 0.05) is 13.1 Å². The second kappa shape index (κ2) is 10.3. The first-order valence-electron chi connectivity index (χ1n) is 8.01. The zero-order valence-electron chi connectivity index (χ0n) is 13.9. The van der Waals surface area contributed by atoms with Crippen LogP contribution in [-0.2, 0) is 4.79 Å². The molecule has 1 N–H and O–H groups in total. The van der Waals surface area contributed by atoms with Gasteiger partial charge in [-0.25, -0.2) is 0 Å². The highest BCUT2D eigenvalue weighted by Gasteiger charge is 2.23. The molecule has 1 aliphatic rings. The minimum Gasteiger partial charge on any atom is -0.490 e. The van der Waals surface area contributed by atoms with Gasteiger partial charge in [-0.3, -0.25) is 4.79 Å². The lowest BCUT2D eigenvalue weighted by atomic mass is 9.98. The van der Waals surface area contributed by atoms with Crippen LogP contribution in [0.3, 0.4) is 0 Å². The van der Waals surface area contributed by atoms with Crippen molar-refractivity contribution in [1.29, 1.82) is 0 Å². The third kappa shape index (κ3) is 5.92. The molecule has 130 valence electrons. The Hall–Kier alpha value is -1.46. The number of hydrogen-bond acceptors (Lipinski definition) is 4. The van der Waals surface area contributed by atoms with E-state index in [-0.39, 0.29) is 24.9 Å². The summed E-state index contributed by atoms with van der Waals surface area (Å²) in [6, 6.07) is 7.46. The monoisotopic (exact) mass is 342 g/mol. The summed E-state index contributed by atoms with van der Waals surface area (Å²) in [7, 11) is 1.95. The number of piperidine rings is 1. The maximum Gasteiger partial charge on any atom is 0.260 e. The quantitative estimate of drug-likeness (QED) is 0.826. The number of halogens is 1. The van der Waals surface area contributed by atoms with E-state index in [4.69, 9.17) is 9.47 Å². The van der Waals surface area contributed by atoms with Crippen molar-refractivity contribution in [1.82, 2.24) is 10.2 Å². The van der Waals surface area contributed by atoms with Gasteiger partial charge in [0.05, 0.1) is 6.61 Å². The highest BCUT2D eigenvalue weighted by atomic mass is 35.5. The molecule has 1 aromatic rings. The average Bonchev–Trinajstić information content (AvgIpc) is 2.54. The number of benzene rings is 1. The first-order chi connectivity index (χ1) is 10.7. The molecule has 0 aromatic heterocycles. The van der Waals surface area contributed by atoms with Crippen LogP contribution in [0.15, 0.2) is 24.3 Å². The zero-order valence-corrected chi connectivity index (χ0v) is 14.7. The minimum atomic E-state index is 0. The molecule has 23 heavy (non-hydrogen) atoms. The van der Waals surface area contributed by atoms with Crippen LogP contribution in [-0.4, -0.2) is 50.7 Å². The molecule has 6 heteroatoms. The van der Waals surface area contributed by atoms with Crippen LogP contribution in [0, 0.1) is 5.92 Å². The molecule has 1 atom stereocenters. The molecule has 0 bridgehead atoms. The second-order valence-corrected chi connectivity index (χ2v) is 5.57. The van der Waals surface area contributed by atoms with Gasteiger partial charge in [-0.05, 0) is 51.4 Å². The van der Waals surface area contributed by atoms with E-state index in [0.29, 0.717) is 24.0 Å². The van der Waals surface area contributed by atoms with Crippen molar-refractivity contribution in [2.75, 3.05) is 39.9 Å². The Morgan fingerprint density at radius 3 is 2.65 bits per heavy atom. The maximum atomic E-state index is 12.3. The molecule has 1 aliphatic heterocycles. The van der Waals surface area contributed by atoms with Crippen molar-refractivity contribution < 1.29 is 14.3 Å². The van der Waals surface area contributed by atoms with Gasteiger partial charge in [-0.1, -0.05) is 12.1 Å². The lowest BCUT2D eigenvalue weighted by Gasteiger charge is -2.32. The normalized spacial score (nSPS) is 17.3. The van der Waals surface area contributed by atoms with Crippen molar-refractivity contribution in [2.24, 2.45) is 5.92 Å². The van der Waals surface area contributed by atoms with Crippen LogP contribution in [0.1, 0.15) is 19.8 Å². The first kappa shape index (κ1) is 19.6. The lowest BCUT2D eigenvalue weighted by Crippen LogP contribution is -2.44. The molecule has 5 nitrogen and oxygen atoms in total. The van der Waals surface area contributed by atoms with Crippen LogP contribution in [0.25, 0.3) is 0 Å². The summed E-state index contributed by atoms with van der Waals surface area (Å²) < 4.78 is 11.2. The Morgan fingerprint density at radius 1 is 1.30 bits per heavy atom. The summed E-state index contributed by atoms with van der Waals surface area (Å²) in [6.45, 7) is 5.17. The molecular formula is C17H27ClN2O3. The van der Waals surface area contributed by atoms with Gasteiger partial charge in [0.1, 0.15) is 0 Å². The molecule has 1 unspecified atom stereocenters. The van der Waals surface area contributed by atoms with Crippen molar-refractivity contribution in [2.45, 2.75) is 19.8 Å². The highest BCUT2D eigenvalue weighted by Crippen LogP contribution is 2.26. The van der Waals surface area contributed by atoms with E-state index in [2.05, 4.69) is 5.32 Å². The van der Waals surface area contributed by atoms with E-state index in [1.807, 2.05) is 43.1 Å². The number of carbonyl (C=O) groups is 1. The molecule has 2 rings (SSSR count). The van der Waals surface area contributed by atoms with E-state index >= 15 is 0 Å². The predicted octanol–water partition coefficient (Wildman–Crippen LogP) is 2.34. The van der Waals surface area contributed by atoms with Crippen molar-refractivity contribution >= 4 is 18.3 Å². The Kier molecular flexibility index (Phi) is 8.81. The van der Waals surface area contributed by atoms with Crippen molar-refractivity contribution in [3.63, 3.8) is 0 Å². The number of ether oxygens (including phenoxy) is 2.